The molecular formula is C20H14N4O2. The van der Waals surface area contributed by atoms with E-state index in [2.05, 4.69) is 20.6 Å². The summed E-state index contributed by atoms with van der Waals surface area (Å²) in [5.41, 5.74) is 4.90. The summed E-state index contributed by atoms with van der Waals surface area (Å²) in [6.07, 6.45) is 0. The topological polar surface area (TPSA) is 76.1 Å². The number of oxazole rings is 2. The van der Waals surface area contributed by atoms with Gasteiger partial charge in [0.25, 0.3) is 12.0 Å². The second-order valence-corrected chi connectivity index (χ2v) is 5.80. The van der Waals surface area contributed by atoms with Gasteiger partial charge < -0.3 is 19.5 Å². The Hall–Kier alpha value is -3.80. The van der Waals surface area contributed by atoms with E-state index >= 15 is 0 Å². The van der Waals surface area contributed by atoms with Crippen LogP contribution in [0.15, 0.2) is 81.6 Å². The number of nitrogens with one attached hydrogen (secondary N) is 2. The Morgan fingerprint density at radius 2 is 0.962 bits per heavy atom. The number of rotatable bonds is 4. The molecule has 0 fully saturated rings. The molecule has 0 aliphatic heterocycles. The minimum absolute atomic E-state index is 0.464. The normalized spacial score (nSPS) is 11.1. The van der Waals surface area contributed by atoms with Crippen molar-refractivity contribution in [2.24, 2.45) is 0 Å². The number of nitrogens with zero attached hydrogens (tertiary/aromatic N) is 2. The standard InChI is InChI=1S/C20H14N4O2/c1-3-7-17-15(5-1)23-19(25-17)21-13-9-11-14(12-10-13)22-20-24-16-6-2-4-8-18(16)26-20/h1-12H,(H,21,23)(H,22,24). The number of aromatic nitrogens is 2. The predicted octanol–water partition coefficient (Wildman–Crippen LogP) is 5.46. The largest absolute Gasteiger partial charge is 0.423 e. The molecule has 5 aromatic rings. The van der Waals surface area contributed by atoms with Gasteiger partial charge in [0.2, 0.25) is 0 Å². The number of hydrogen-bond donors (Lipinski definition) is 2. The van der Waals surface area contributed by atoms with Gasteiger partial charge in [-0.25, -0.2) is 0 Å². The molecular weight excluding hydrogens is 328 g/mol. The van der Waals surface area contributed by atoms with E-state index in [0.717, 1.165) is 33.6 Å². The first-order valence-electron chi connectivity index (χ1n) is 8.19. The highest BCUT2D eigenvalue weighted by Crippen LogP contribution is 2.25. The van der Waals surface area contributed by atoms with Gasteiger partial charge in [0.15, 0.2) is 11.2 Å². The SMILES string of the molecule is c1ccc2oc(Nc3ccc(Nc4nc5ccccc5o4)cc3)nc2c1. The highest BCUT2D eigenvalue weighted by atomic mass is 16.4. The van der Waals surface area contributed by atoms with Crippen molar-refractivity contribution in [1.82, 2.24) is 9.97 Å². The summed E-state index contributed by atoms with van der Waals surface area (Å²) in [5.74, 6) is 0. The summed E-state index contributed by atoms with van der Waals surface area (Å²) in [6.45, 7) is 0. The zero-order valence-corrected chi connectivity index (χ0v) is 13.6. The maximum Gasteiger partial charge on any atom is 0.300 e. The summed E-state index contributed by atoms with van der Waals surface area (Å²) >= 11 is 0. The van der Waals surface area contributed by atoms with E-state index in [-0.39, 0.29) is 0 Å². The number of benzene rings is 3. The molecule has 0 spiro atoms. The smallest absolute Gasteiger partial charge is 0.300 e. The Labute approximate surface area is 148 Å². The second-order valence-electron chi connectivity index (χ2n) is 5.80. The number of anilines is 4. The lowest BCUT2D eigenvalue weighted by molar-refractivity contribution is 0.622. The van der Waals surface area contributed by atoms with Crippen molar-refractivity contribution in [2.45, 2.75) is 0 Å². The molecule has 6 heteroatoms. The van der Waals surface area contributed by atoms with Gasteiger partial charge in [-0.15, -0.1) is 0 Å². The maximum absolute atomic E-state index is 5.67. The van der Waals surface area contributed by atoms with E-state index in [1.54, 1.807) is 0 Å². The quantitative estimate of drug-likeness (QED) is 0.452. The lowest BCUT2D eigenvalue weighted by atomic mass is 10.3. The fourth-order valence-corrected chi connectivity index (χ4v) is 2.74. The first kappa shape index (κ1) is 14.5. The average Bonchev–Trinajstić information content (AvgIpc) is 3.25. The third-order valence-electron chi connectivity index (χ3n) is 3.98. The monoisotopic (exact) mass is 342 g/mol. The molecule has 0 unspecified atom stereocenters. The third kappa shape index (κ3) is 2.73. The van der Waals surface area contributed by atoms with Crippen LogP contribution in [0.5, 0.6) is 0 Å². The Morgan fingerprint density at radius 3 is 1.38 bits per heavy atom. The summed E-state index contributed by atoms with van der Waals surface area (Å²) in [5, 5.41) is 6.32. The van der Waals surface area contributed by atoms with Gasteiger partial charge in [-0.2, -0.15) is 9.97 Å². The van der Waals surface area contributed by atoms with Crippen molar-refractivity contribution in [3.05, 3.63) is 72.8 Å². The minimum atomic E-state index is 0.464. The molecule has 2 heterocycles. The molecule has 0 amide bonds. The van der Waals surface area contributed by atoms with Crippen LogP contribution in [-0.2, 0) is 0 Å². The lowest BCUT2D eigenvalue weighted by Crippen LogP contribution is -1.92. The van der Waals surface area contributed by atoms with Crippen LogP contribution in [0, 0.1) is 0 Å². The summed E-state index contributed by atoms with van der Waals surface area (Å²) < 4.78 is 11.3. The molecule has 0 atom stereocenters. The number of hydrogen-bond acceptors (Lipinski definition) is 6. The molecule has 6 nitrogen and oxygen atoms in total. The summed E-state index contributed by atoms with van der Waals surface area (Å²) in [7, 11) is 0. The van der Waals surface area contributed by atoms with Crippen LogP contribution in [0.2, 0.25) is 0 Å². The molecule has 0 aliphatic rings. The average molecular weight is 342 g/mol. The highest BCUT2D eigenvalue weighted by molar-refractivity contribution is 5.76. The molecule has 2 N–H and O–H groups in total. The first-order valence-corrected chi connectivity index (χ1v) is 8.19. The van der Waals surface area contributed by atoms with Crippen LogP contribution in [0.25, 0.3) is 22.2 Å². The van der Waals surface area contributed by atoms with Gasteiger partial charge in [0.05, 0.1) is 0 Å². The molecule has 5 rings (SSSR count). The van der Waals surface area contributed by atoms with Crippen LogP contribution in [0.4, 0.5) is 23.4 Å². The van der Waals surface area contributed by atoms with E-state index in [1.807, 2.05) is 72.8 Å². The molecule has 0 bridgehead atoms. The second kappa shape index (κ2) is 5.93. The van der Waals surface area contributed by atoms with Crippen LogP contribution < -0.4 is 10.6 Å². The fourth-order valence-electron chi connectivity index (χ4n) is 2.74. The molecule has 0 aliphatic carbocycles. The van der Waals surface area contributed by atoms with Gasteiger partial charge in [0, 0.05) is 11.4 Å². The van der Waals surface area contributed by atoms with E-state index in [0.29, 0.717) is 12.0 Å². The zero-order chi connectivity index (χ0) is 17.3. The van der Waals surface area contributed by atoms with Crippen LogP contribution in [0.1, 0.15) is 0 Å². The molecule has 0 saturated heterocycles. The molecule has 126 valence electrons. The van der Waals surface area contributed by atoms with Crippen LogP contribution >= 0.6 is 0 Å². The Morgan fingerprint density at radius 1 is 0.538 bits per heavy atom. The van der Waals surface area contributed by atoms with E-state index < -0.39 is 0 Å². The molecule has 0 saturated carbocycles. The van der Waals surface area contributed by atoms with Crippen LogP contribution in [0.3, 0.4) is 0 Å². The van der Waals surface area contributed by atoms with E-state index in [1.165, 1.54) is 0 Å². The minimum Gasteiger partial charge on any atom is -0.423 e. The summed E-state index contributed by atoms with van der Waals surface area (Å²) in [6, 6.07) is 24.0. The van der Waals surface area contributed by atoms with Gasteiger partial charge in [-0.3, -0.25) is 0 Å². The molecule has 26 heavy (non-hydrogen) atoms. The lowest BCUT2D eigenvalue weighted by Gasteiger charge is -2.04. The first-order chi connectivity index (χ1) is 12.8. The Bertz CT molecular complexity index is 1030. The molecule has 2 aromatic heterocycles. The highest BCUT2D eigenvalue weighted by Gasteiger charge is 2.07. The van der Waals surface area contributed by atoms with Crippen molar-refractivity contribution in [3.8, 4) is 0 Å². The number of para-hydroxylation sites is 4. The van der Waals surface area contributed by atoms with Crippen molar-refractivity contribution in [1.29, 1.82) is 0 Å². The van der Waals surface area contributed by atoms with Crippen LogP contribution in [-0.4, -0.2) is 9.97 Å². The fraction of sp³-hybridized carbons (Fsp3) is 0. The van der Waals surface area contributed by atoms with Crippen molar-refractivity contribution in [2.75, 3.05) is 10.6 Å². The van der Waals surface area contributed by atoms with Gasteiger partial charge in [-0.1, -0.05) is 24.3 Å². The molecule has 3 aromatic carbocycles. The van der Waals surface area contributed by atoms with Gasteiger partial charge >= 0.3 is 0 Å². The number of fused-ring (bicyclic) bond motifs is 2. The Kier molecular flexibility index (Phi) is 3.31. The third-order valence-corrected chi connectivity index (χ3v) is 3.98. The van der Waals surface area contributed by atoms with Gasteiger partial charge in [0.1, 0.15) is 11.0 Å². The van der Waals surface area contributed by atoms with E-state index in [9.17, 15) is 0 Å². The maximum atomic E-state index is 5.67. The zero-order valence-electron chi connectivity index (χ0n) is 13.6. The van der Waals surface area contributed by atoms with Crippen molar-refractivity contribution in [3.63, 3.8) is 0 Å². The van der Waals surface area contributed by atoms with Crippen molar-refractivity contribution >= 4 is 45.6 Å². The Balaban J connectivity index is 1.33. The van der Waals surface area contributed by atoms with E-state index in [4.69, 9.17) is 8.83 Å². The van der Waals surface area contributed by atoms with Gasteiger partial charge in [-0.05, 0) is 48.5 Å². The molecule has 0 radical (unpaired) electrons. The predicted molar refractivity (Wildman–Crippen MR) is 101 cm³/mol. The summed E-state index contributed by atoms with van der Waals surface area (Å²) in [4.78, 5) is 8.81. The van der Waals surface area contributed by atoms with Crippen molar-refractivity contribution < 1.29 is 8.83 Å².